The van der Waals surface area contributed by atoms with E-state index in [4.69, 9.17) is 0 Å². The van der Waals surface area contributed by atoms with Gasteiger partial charge in [0, 0.05) is 36.2 Å². The third-order valence-electron chi connectivity index (χ3n) is 4.06. The van der Waals surface area contributed by atoms with E-state index < -0.39 is 0 Å². The Bertz CT molecular complexity index is 562. The first-order valence-electron chi connectivity index (χ1n) is 8.31. The van der Waals surface area contributed by atoms with Crippen LogP contribution in [0.4, 0.5) is 0 Å². The number of amides is 2. The van der Waals surface area contributed by atoms with E-state index in [-0.39, 0.29) is 17.2 Å². The minimum atomic E-state index is -0.333. The van der Waals surface area contributed by atoms with Crippen LogP contribution in [-0.4, -0.2) is 34.8 Å². The van der Waals surface area contributed by atoms with E-state index in [1.165, 1.54) is 0 Å². The van der Waals surface area contributed by atoms with Crippen LogP contribution in [0.25, 0.3) is 0 Å². The van der Waals surface area contributed by atoms with Crippen molar-refractivity contribution in [1.82, 2.24) is 15.2 Å². The van der Waals surface area contributed by atoms with Gasteiger partial charge in [0.15, 0.2) is 0 Å². The number of nitrogens with one attached hydrogen (secondary N) is 1. The Kier molecular flexibility index (Phi) is 5.79. The van der Waals surface area contributed by atoms with Gasteiger partial charge >= 0.3 is 0 Å². The standard InChI is InChI=1S/C17H27N3O2S/c1-5-14(21)18-9-13-11-23-15(19-13)12-7-6-8-20(10-12)16(22)17(2,3)4/h11-12H,5-10H2,1-4H3,(H,18,21)/t12-/m0/s1. The third kappa shape index (κ3) is 4.77. The van der Waals surface area contributed by atoms with Gasteiger partial charge in [-0.3, -0.25) is 9.59 Å². The van der Waals surface area contributed by atoms with E-state index in [1.807, 2.05) is 38.0 Å². The molecule has 1 aliphatic rings. The van der Waals surface area contributed by atoms with Crippen molar-refractivity contribution in [3.05, 3.63) is 16.1 Å². The van der Waals surface area contributed by atoms with Crippen molar-refractivity contribution in [3.63, 3.8) is 0 Å². The highest BCUT2D eigenvalue weighted by Gasteiger charge is 2.32. The molecule has 6 heteroatoms. The molecule has 2 rings (SSSR count). The molecular formula is C17H27N3O2S. The fraction of sp³-hybridized carbons (Fsp3) is 0.706. The van der Waals surface area contributed by atoms with Gasteiger partial charge in [-0.25, -0.2) is 4.98 Å². The molecule has 1 atom stereocenters. The quantitative estimate of drug-likeness (QED) is 0.919. The molecule has 0 unspecified atom stereocenters. The van der Waals surface area contributed by atoms with Crippen LogP contribution in [0, 0.1) is 5.41 Å². The lowest BCUT2D eigenvalue weighted by Crippen LogP contribution is -2.44. The SMILES string of the molecule is CCC(=O)NCc1csc([C@H]2CCCN(C(=O)C(C)(C)C)C2)n1. The molecule has 0 bridgehead atoms. The van der Waals surface area contributed by atoms with Crippen molar-refractivity contribution in [2.45, 2.75) is 59.4 Å². The highest BCUT2D eigenvalue weighted by molar-refractivity contribution is 7.09. The predicted molar refractivity (Wildman–Crippen MR) is 92.3 cm³/mol. The minimum absolute atomic E-state index is 0.0409. The molecule has 128 valence electrons. The van der Waals surface area contributed by atoms with Crippen LogP contribution in [0.5, 0.6) is 0 Å². The summed E-state index contributed by atoms with van der Waals surface area (Å²) in [6, 6.07) is 0. The monoisotopic (exact) mass is 337 g/mol. The molecule has 2 amide bonds. The lowest BCUT2D eigenvalue weighted by Gasteiger charge is -2.35. The van der Waals surface area contributed by atoms with Crippen molar-refractivity contribution in [3.8, 4) is 0 Å². The molecule has 1 N–H and O–H groups in total. The van der Waals surface area contributed by atoms with Crippen LogP contribution in [0.2, 0.25) is 0 Å². The lowest BCUT2D eigenvalue weighted by atomic mass is 9.91. The molecule has 0 aliphatic carbocycles. The molecule has 0 saturated carbocycles. The van der Waals surface area contributed by atoms with Gasteiger partial charge in [-0.2, -0.15) is 0 Å². The zero-order chi connectivity index (χ0) is 17.0. The van der Waals surface area contributed by atoms with Gasteiger partial charge in [0.2, 0.25) is 11.8 Å². The fourth-order valence-electron chi connectivity index (χ4n) is 2.74. The molecule has 1 aliphatic heterocycles. The van der Waals surface area contributed by atoms with Gasteiger partial charge in [-0.05, 0) is 12.8 Å². The number of nitrogens with zero attached hydrogens (tertiary/aromatic N) is 2. The Hall–Kier alpha value is -1.43. The fourth-order valence-corrected chi connectivity index (χ4v) is 3.69. The highest BCUT2D eigenvalue weighted by atomic mass is 32.1. The Morgan fingerprint density at radius 1 is 1.43 bits per heavy atom. The molecular weight excluding hydrogens is 310 g/mol. The van der Waals surface area contributed by atoms with Crippen molar-refractivity contribution >= 4 is 23.2 Å². The Labute approximate surface area is 142 Å². The van der Waals surface area contributed by atoms with E-state index in [2.05, 4.69) is 10.3 Å². The first-order valence-corrected chi connectivity index (χ1v) is 9.19. The molecule has 0 radical (unpaired) electrons. The van der Waals surface area contributed by atoms with Crippen LogP contribution in [-0.2, 0) is 16.1 Å². The number of aromatic nitrogens is 1. The van der Waals surface area contributed by atoms with Gasteiger partial charge in [-0.1, -0.05) is 27.7 Å². The normalized spacial score (nSPS) is 18.8. The average molecular weight is 337 g/mol. The first-order chi connectivity index (χ1) is 10.8. The number of carbonyl (C=O) groups excluding carboxylic acids is 2. The van der Waals surface area contributed by atoms with Crippen LogP contribution < -0.4 is 5.32 Å². The van der Waals surface area contributed by atoms with Crippen LogP contribution in [0.3, 0.4) is 0 Å². The van der Waals surface area contributed by atoms with Crippen LogP contribution in [0.1, 0.15) is 63.6 Å². The van der Waals surface area contributed by atoms with E-state index >= 15 is 0 Å². The molecule has 23 heavy (non-hydrogen) atoms. The predicted octanol–water partition coefficient (Wildman–Crippen LogP) is 2.92. The second-order valence-electron chi connectivity index (χ2n) is 7.15. The molecule has 1 saturated heterocycles. The first kappa shape index (κ1) is 17.9. The number of hydrogen-bond acceptors (Lipinski definition) is 4. The summed E-state index contributed by atoms with van der Waals surface area (Å²) in [6.45, 7) is 9.83. The van der Waals surface area contributed by atoms with Gasteiger partial charge in [-0.15, -0.1) is 11.3 Å². The van der Waals surface area contributed by atoms with Gasteiger partial charge in [0.1, 0.15) is 0 Å². The summed E-state index contributed by atoms with van der Waals surface area (Å²) in [5, 5.41) is 5.94. The molecule has 0 spiro atoms. The summed E-state index contributed by atoms with van der Waals surface area (Å²) in [6.07, 6.45) is 2.58. The van der Waals surface area contributed by atoms with Gasteiger partial charge < -0.3 is 10.2 Å². The van der Waals surface area contributed by atoms with Crippen molar-refractivity contribution < 1.29 is 9.59 Å². The minimum Gasteiger partial charge on any atom is -0.350 e. The maximum absolute atomic E-state index is 12.5. The van der Waals surface area contributed by atoms with Crippen LogP contribution >= 0.6 is 11.3 Å². The molecule has 0 aromatic carbocycles. The van der Waals surface area contributed by atoms with E-state index in [1.54, 1.807) is 11.3 Å². The van der Waals surface area contributed by atoms with Gasteiger partial charge in [0.25, 0.3) is 0 Å². The molecule has 1 aromatic heterocycles. The number of piperidine rings is 1. The summed E-state index contributed by atoms with van der Waals surface area (Å²) in [5.41, 5.74) is 0.575. The average Bonchev–Trinajstić information content (AvgIpc) is 3.00. The maximum atomic E-state index is 12.5. The topological polar surface area (TPSA) is 62.3 Å². The molecule has 1 aromatic rings. The number of carbonyl (C=O) groups is 2. The molecule has 5 nitrogen and oxygen atoms in total. The smallest absolute Gasteiger partial charge is 0.227 e. The zero-order valence-corrected chi connectivity index (χ0v) is 15.3. The second kappa shape index (κ2) is 7.43. The van der Waals surface area contributed by atoms with E-state index in [0.717, 1.165) is 36.6 Å². The zero-order valence-electron chi connectivity index (χ0n) is 14.5. The van der Waals surface area contributed by atoms with E-state index in [9.17, 15) is 9.59 Å². The number of thiazole rings is 1. The summed E-state index contributed by atoms with van der Waals surface area (Å²) in [7, 11) is 0. The van der Waals surface area contributed by atoms with Crippen molar-refractivity contribution in [2.75, 3.05) is 13.1 Å². The largest absolute Gasteiger partial charge is 0.350 e. The second-order valence-corrected chi connectivity index (χ2v) is 8.04. The molecule has 1 fully saturated rings. The van der Waals surface area contributed by atoms with Crippen molar-refractivity contribution in [2.24, 2.45) is 5.41 Å². The maximum Gasteiger partial charge on any atom is 0.227 e. The summed E-state index contributed by atoms with van der Waals surface area (Å²) in [5.74, 6) is 0.573. The van der Waals surface area contributed by atoms with Crippen LogP contribution in [0.15, 0.2) is 5.38 Å². The number of rotatable bonds is 4. The Morgan fingerprint density at radius 2 is 2.17 bits per heavy atom. The Balaban J connectivity index is 1.98. The van der Waals surface area contributed by atoms with Gasteiger partial charge in [0.05, 0.1) is 17.2 Å². The summed E-state index contributed by atoms with van der Waals surface area (Å²) in [4.78, 5) is 30.4. The lowest BCUT2D eigenvalue weighted by molar-refractivity contribution is -0.140. The summed E-state index contributed by atoms with van der Waals surface area (Å²) < 4.78 is 0. The molecule has 2 heterocycles. The number of hydrogen-bond donors (Lipinski definition) is 1. The van der Waals surface area contributed by atoms with Crippen molar-refractivity contribution in [1.29, 1.82) is 0 Å². The summed E-state index contributed by atoms with van der Waals surface area (Å²) >= 11 is 1.64. The van der Waals surface area contributed by atoms with E-state index in [0.29, 0.717) is 18.9 Å². The highest BCUT2D eigenvalue weighted by Crippen LogP contribution is 2.31. The Morgan fingerprint density at radius 3 is 2.83 bits per heavy atom. The third-order valence-corrected chi connectivity index (χ3v) is 5.11. The number of likely N-dealkylation sites (tertiary alicyclic amines) is 1.